The number of nitrogens with zero attached hydrogens (tertiary/aromatic N) is 2. The van der Waals surface area contributed by atoms with E-state index >= 15 is 0 Å². The van der Waals surface area contributed by atoms with Gasteiger partial charge in [-0.1, -0.05) is 25.4 Å². The van der Waals surface area contributed by atoms with Gasteiger partial charge >= 0.3 is 11.8 Å². The van der Waals surface area contributed by atoms with Gasteiger partial charge in [0.15, 0.2) is 0 Å². The highest BCUT2D eigenvalue weighted by Crippen LogP contribution is 2.31. The van der Waals surface area contributed by atoms with E-state index in [9.17, 15) is 14.9 Å². The molecule has 0 saturated carbocycles. The van der Waals surface area contributed by atoms with Crippen molar-refractivity contribution in [2.45, 2.75) is 53.2 Å². The first-order valence-corrected chi connectivity index (χ1v) is 8.23. The maximum absolute atomic E-state index is 11.9. The van der Waals surface area contributed by atoms with Gasteiger partial charge in [0.25, 0.3) is 0 Å². The molecule has 1 heterocycles. The van der Waals surface area contributed by atoms with Crippen LogP contribution in [-0.4, -0.2) is 34.2 Å². The third-order valence-electron chi connectivity index (χ3n) is 3.70. The molecule has 8 nitrogen and oxygen atoms in total. The van der Waals surface area contributed by atoms with Crippen LogP contribution in [0.15, 0.2) is 12.3 Å². The number of carbonyl (C=O) groups excluding carboxylic acids is 1. The molecule has 1 atom stereocenters. The topological polar surface area (TPSA) is 106 Å². The van der Waals surface area contributed by atoms with E-state index < -0.39 is 22.0 Å². The summed E-state index contributed by atoms with van der Waals surface area (Å²) >= 11 is 5.80. The summed E-state index contributed by atoms with van der Waals surface area (Å²) in [6.45, 7) is 11.4. The zero-order valence-corrected chi connectivity index (χ0v) is 16.1. The Morgan fingerprint density at radius 2 is 2.00 bits per heavy atom. The maximum Gasteiger partial charge on any atom is 0.407 e. The summed E-state index contributed by atoms with van der Waals surface area (Å²) in [5, 5.41) is 16.8. The molecule has 25 heavy (non-hydrogen) atoms. The standard InChI is InChI=1S/C16H25ClN4O4/c1-10(20-14(22)25-15(2,3)4)16(5,6)9-19-11-7-8-18-13(17)12(11)21(23)24/h7-8,10H,9H2,1-6H3,(H,18,19)(H,20,22). The Labute approximate surface area is 152 Å². The van der Waals surface area contributed by atoms with Crippen molar-refractivity contribution in [1.82, 2.24) is 10.3 Å². The van der Waals surface area contributed by atoms with Gasteiger partial charge in [-0.15, -0.1) is 0 Å². The highest BCUT2D eigenvalue weighted by molar-refractivity contribution is 6.32. The van der Waals surface area contributed by atoms with Crippen molar-refractivity contribution in [3.63, 3.8) is 0 Å². The molecular weight excluding hydrogens is 348 g/mol. The molecule has 0 aliphatic heterocycles. The number of pyridine rings is 1. The van der Waals surface area contributed by atoms with Crippen LogP contribution in [0.1, 0.15) is 41.5 Å². The molecule has 140 valence electrons. The Bertz CT molecular complexity index is 644. The second kappa shape index (κ2) is 7.86. The molecule has 1 amide bonds. The fourth-order valence-electron chi connectivity index (χ4n) is 1.90. The van der Waals surface area contributed by atoms with Crippen molar-refractivity contribution in [3.8, 4) is 0 Å². The molecular formula is C16H25ClN4O4. The molecule has 1 unspecified atom stereocenters. The molecule has 0 radical (unpaired) electrons. The normalized spacial score (nSPS) is 13.1. The second-order valence-corrected chi connectivity index (χ2v) is 7.82. The summed E-state index contributed by atoms with van der Waals surface area (Å²) in [4.78, 5) is 26.2. The first-order chi connectivity index (χ1) is 11.3. The third kappa shape index (κ3) is 6.38. The molecule has 2 N–H and O–H groups in total. The number of anilines is 1. The van der Waals surface area contributed by atoms with E-state index in [1.165, 1.54) is 12.3 Å². The number of halogens is 1. The van der Waals surface area contributed by atoms with Crippen LogP contribution in [0.5, 0.6) is 0 Å². The summed E-state index contributed by atoms with van der Waals surface area (Å²) < 4.78 is 5.25. The minimum atomic E-state index is -0.583. The highest BCUT2D eigenvalue weighted by atomic mass is 35.5. The first-order valence-electron chi connectivity index (χ1n) is 7.86. The number of nitro groups is 1. The van der Waals surface area contributed by atoms with Crippen molar-refractivity contribution in [2.24, 2.45) is 5.41 Å². The molecule has 0 spiro atoms. The van der Waals surface area contributed by atoms with Gasteiger partial charge in [0.2, 0.25) is 5.15 Å². The molecule has 0 saturated heterocycles. The van der Waals surface area contributed by atoms with E-state index in [1.807, 2.05) is 20.8 Å². The molecule has 0 aliphatic carbocycles. The van der Waals surface area contributed by atoms with Gasteiger partial charge in [-0.25, -0.2) is 9.78 Å². The van der Waals surface area contributed by atoms with E-state index in [0.29, 0.717) is 6.54 Å². The van der Waals surface area contributed by atoms with Gasteiger partial charge in [-0.2, -0.15) is 0 Å². The Morgan fingerprint density at radius 3 is 2.52 bits per heavy atom. The van der Waals surface area contributed by atoms with Gasteiger partial charge in [0, 0.05) is 24.2 Å². The number of alkyl carbamates (subject to hydrolysis) is 1. The minimum Gasteiger partial charge on any atom is -0.444 e. The number of hydrogen-bond acceptors (Lipinski definition) is 6. The molecule has 0 bridgehead atoms. The summed E-state index contributed by atoms with van der Waals surface area (Å²) in [7, 11) is 0. The van der Waals surface area contributed by atoms with Gasteiger partial charge < -0.3 is 15.4 Å². The maximum atomic E-state index is 11.9. The summed E-state index contributed by atoms with van der Waals surface area (Å²) in [6, 6.07) is 1.25. The Kier molecular flexibility index (Phi) is 6.59. The van der Waals surface area contributed by atoms with Crippen LogP contribution in [0.4, 0.5) is 16.2 Å². The average molecular weight is 373 g/mol. The first kappa shape index (κ1) is 21.0. The van der Waals surface area contributed by atoms with Crippen LogP contribution in [-0.2, 0) is 4.74 Å². The van der Waals surface area contributed by atoms with Crippen molar-refractivity contribution < 1.29 is 14.5 Å². The number of aromatic nitrogens is 1. The van der Waals surface area contributed by atoms with Crippen LogP contribution in [0, 0.1) is 15.5 Å². The predicted molar refractivity (Wildman–Crippen MR) is 97.0 cm³/mol. The SMILES string of the molecule is CC(NC(=O)OC(C)(C)C)C(C)(C)CNc1ccnc(Cl)c1[N+](=O)[O-]. The Morgan fingerprint density at radius 1 is 1.40 bits per heavy atom. The number of hydrogen-bond donors (Lipinski definition) is 2. The quantitative estimate of drug-likeness (QED) is 0.444. The lowest BCUT2D eigenvalue weighted by atomic mass is 9.85. The summed E-state index contributed by atoms with van der Waals surface area (Å²) in [5.74, 6) is 0. The highest BCUT2D eigenvalue weighted by Gasteiger charge is 2.30. The molecule has 9 heteroatoms. The van der Waals surface area contributed by atoms with E-state index in [2.05, 4.69) is 15.6 Å². The van der Waals surface area contributed by atoms with Crippen molar-refractivity contribution >= 4 is 29.1 Å². The largest absolute Gasteiger partial charge is 0.444 e. The molecule has 0 fully saturated rings. The lowest BCUT2D eigenvalue weighted by Gasteiger charge is -2.33. The van der Waals surface area contributed by atoms with Crippen LogP contribution in [0.3, 0.4) is 0 Å². The lowest BCUT2D eigenvalue weighted by molar-refractivity contribution is -0.384. The summed E-state index contributed by atoms with van der Waals surface area (Å²) in [6.07, 6.45) is 0.888. The number of rotatable bonds is 6. The van der Waals surface area contributed by atoms with Crippen LogP contribution in [0.25, 0.3) is 0 Å². The summed E-state index contributed by atoms with van der Waals surface area (Å²) in [5.41, 5.74) is -0.989. The minimum absolute atomic E-state index is 0.173. The monoisotopic (exact) mass is 372 g/mol. The number of nitrogens with one attached hydrogen (secondary N) is 2. The van der Waals surface area contributed by atoms with Crippen LogP contribution in [0.2, 0.25) is 5.15 Å². The average Bonchev–Trinajstić information content (AvgIpc) is 2.42. The van der Waals surface area contributed by atoms with Gasteiger partial charge in [0.05, 0.1) is 4.92 Å². The number of amides is 1. The van der Waals surface area contributed by atoms with E-state index in [0.717, 1.165) is 0 Å². The Balaban J connectivity index is 2.77. The molecule has 1 aromatic heterocycles. The Hall–Kier alpha value is -2.09. The van der Waals surface area contributed by atoms with E-state index in [1.54, 1.807) is 20.8 Å². The molecule has 0 aliphatic rings. The number of carbonyl (C=O) groups is 1. The zero-order valence-electron chi connectivity index (χ0n) is 15.3. The predicted octanol–water partition coefficient (Wildman–Crippen LogP) is 3.99. The molecule has 1 rings (SSSR count). The third-order valence-corrected chi connectivity index (χ3v) is 3.98. The second-order valence-electron chi connectivity index (χ2n) is 7.47. The number of ether oxygens (including phenoxy) is 1. The molecule has 0 aromatic carbocycles. The van der Waals surface area contributed by atoms with Crippen molar-refractivity contribution in [1.29, 1.82) is 0 Å². The fraction of sp³-hybridized carbons (Fsp3) is 0.625. The van der Waals surface area contributed by atoms with Crippen molar-refractivity contribution in [3.05, 3.63) is 27.5 Å². The van der Waals surface area contributed by atoms with Crippen molar-refractivity contribution in [2.75, 3.05) is 11.9 Å². The van der Waals surface area contributed by atoms with Gasteiger partial charge in [0.1, 0.15) is 11.3 Å². The van der Waals surface area contributed by atoms with Gasteiger partial charge in [-0.05, 0) is 33.8 Å². The van der Waals surface area contributed by atoms with E-state index in [-0.39, 0.29) is 22.6 Å². The zero-order chi connectivity index (χ0) is 19.4. The molecule has 1 aromatic rings. The smallest absolute Gasteiger partial charge is 0.407 e. The van der Waals surface area contributed by atoms with Crippen LogP contribution >= 0.6 is 11.6 Å². The van der Waals surface area contributed by atoms with Gasteiger partial charge in [-0.3, -0.25) is 10.1 Å². The van der Waals surface area contributed by atoms with E-state index in [4.69, 9.17) is 16.3 Å². The van der Waals surface area contributed by atoms with Crippen LogP contribution < -0.4 is 10.6 Å². The lowest BCUT2D eigenvalue weighted by Crippen LogP contribution is -2.47. The fourth-order valence-corrected chi connectivity index (χ4v) is 2.13.